The number of hydrogen-bond acceptors (Lipinski definition) is 8. The van der Waals surface area contributed by atoms with Crippen LogP contribution in [0.15, 0.2) is 71.2 Å². The standard InChI is InChI=1S/C23H25N5O2S2/c1-2-29-22-15-18(10-11-21(22)30-17-20-9-6-13-31-20)16-24-12-14-32-23-25-26-27-28(23)19-7-4-3-5-8-19/h3-11,13,15,24H,2,12,14,16-17H2,1H3. The molecular weight excluding hydrogens is 442 g/mol. The summed E-state index contributed by atoms with van der Waals surface area (Å²) in [5.41, 5.74) is 2.11. The van der Waals surface area contributed by atoms with E-state index < -0.39 is 0 Å². The molecule has 0 saturated carbocycles. The molecule has 2 aromatic heterocycles. The molecule has 0 fully saturated rings. The molecule has 0 aliphatic rings. The van der Waals surface area contributed by atoms with Crippen molar-refractivity contribution in [3.05, 3.63) is 76.5 Å². The van der Waals surface area contributed by atoms with E-state index in [1.807, 2.05) is 55.5 Å². The molecule has 32 heavy (non-hydrogen) atoms. The van der Waals surface area contributed by atoms with Crippen LogP contribution in [0.3, 0.4) is 0 Å². The van der Waals surface area contributed by atoms with Gasteiger partial charge in [-0.1, -0.05) is 42.1 Å². The minimum atomic E-state index is 0.551. The molecule has 2 heterocycles. The van der Waals surface area contributed by atoms with E-state index >= 15 is 0 Å². The highest BCUT2D eigenvalue weighted by atomic mass is 32.2. The predicted molar refractivity (Wildman–Crippen MR) is 128 cm³/mol. The number of nitrogens with one attached hydrogen (secondary N) is 1. The zero-order valence-electron chi connectivity index (χ0n) is 17.8. The van der Waals surface area contributed by atoms with Crippen LogP contribution in [0.25, 0.3) is 5.69 Å². The first-order valence-corrected chi connectivity index (χ1v) is 12.3. The third-order valence-electron chi connectivity index (χ3n) is 4.54. The normalized spacial score (nSPS) is 10.9. The van der Waals surface area contributed by atoms with E-state index in [0.29, 0.717) is 13.2 Å². The van der Waals surface area contributed by atoms with E-state index in [2.05, 4.69) is 38.4 Å². The lowest BCUT2D eigenvalue weighted by atomic mass is 10.2. The summed E-state index contributed by atoms with van der Waals surface area (Å²) >= 11 is 3.31. The Morgan fingerprint density at radius 2 is 1.94 bits per heavy atom. The fourth-order valence-electron chi connectivity index (χ4n) is 3.04. The first-order valence-electron chi connectivity index (χ1n) is 10.4. The van der Waals surface area contributed by atoms with Gasteiger partial charge in [0, 0.05) is 23.7 Å². The van der Waals surface area contributed by atoms with Crippen LogP contribution < -0.4 is 14.8 Å². The highest BCUT2D eigenvalue weighted by molar-refractivity contribution is 7.99. The topological polar surface area (TPSA) is 74.1 Å². The Kier molecular flexibility index (Phi) is 8.13. The molecule has 4 rings (SSSR count). The SMILES string of the molecule is CCOc1cc(CNCCSc2nnnn2-c2ccccc2)ccc1OCc1cccs1. The van der Waals surface area contributed by atoms with Gasteiger partial charge in [-0.25, -0.2) is 0 Å². The first kappa shape index (κ1) is 22.3. The van der Waals surface area contributed by atoms with Gasteiger partial charge in [0.15, 0.2) is 11.5 Å². The number of nitrogens with zero attached hydrogens (tertiary/aromatic N) is 4. The minimum absolute atomic E-state index is 0.551. The van der Waals surface area contributed by atoms with Crippen LogP contribution in [-0.2, 0) is 13.2 Å². The zero-order chi connectivity index (χ0) is 22.0. The first-order chi connectivity index (χ1) is 15.8. The molecule has 0 aliphatic heterocycles. The van der Waals surface area contributed by atoms with Gasteiger partial charge in [0.25, 0.3) is 0 Å². The second-order valence-corrected chi connectivity index (χ2v) is 8.91. The molecule has 0 amide bonds. The van der Waals surface area contributed by atoms with Crippen molar-refractivity contribution in [3.8, 4) is 17.2 Å². The van der Waals surface area contributed by atoms with Crippen LogP contribution in [0.5, 0.6) is 11.5 Å². The highest BCUT2D eigenvalue weighted by Crippen LogP contribution is 2.29. The highest BCUT2D eigenvalue weighted by Gasteiger charge is 2.09. The number of thioether (sulfide) groups is 1. The molecule has 166 valence electrons. The summed E-state index contributed by atoms with van der Waals surface area (Å²) < 4.78 is 13.5. The molecule has 2 aromatic carbocycles. The van der Waals surface area contributed by atoms with Crippen molar-refractivity contribution in [2.45, 2.75) is 25.2 Å². The predicted octanol–water partition coefficient (Wildman–Crippen LogP) is 4.58. The molecule has 0 unspecified atom stereocenters. The number of para-hydroxylation sites is 1. The van der Waals surface area contributed by atoms with Crippen molar-refractivity contribution in [1.29, 1.82) is 0 Å². The van der Waals surface area contributed by atoms with Crippen molar-refractivity contribution < 1.29 is 9.47 Å². The molecule has 0 aliphatic carbocycles. The minimum Gasteiger partial charge on any atom is -0.490 e. The Bertz CT molecular complexity index is 1090. The van der Waals surface area contributed by atoms with Crippen molar-refractivity contribution in [2.24, 2.45) is 0 Å². The summed E-state index contributed by atoms with van der Waals surface area (Å²) in [6.45, 7) is 4.70. The van der Waals surface area contributed by atoms with E-state index in [9.17, 15) is 0 Å². The van der Waals surface area contributed by atoms with Crippen LogP contribution in [0.4, 0.5) is 0 Å². The Morgan fingerprint density at radius 3 is 2.75 bits per heavy atom. The van der Waals surface area contributed by atoms with Gasteiger partial charge >= 0.3 is 0 Å². The average Bonchev–Trinajstić information content (AvgIpc) is 3.51. The van der Waals surface area contributed by atoms with Gasteiger partial charge in [-0.3, -0.25) is 0 Å². The van der Waals surface area contributed by atoms with E-state index in [-0.39, 0.29) is 0 Å². The van der Waals surface area contributed by atoms with Crippen molar-refractivity contribution >= 4 is 23.1 Å². The van der Waals surface area contributed by atoms with Gasteiger partial charge in [-0.05, 0) is 58.6 Å². The van der Waals surface area contributed by atoms with E-state index in [4.69, 9.17) is 9.47 Å². The summed E-state index contributed by atoms with van der Waals surface area (Å²) in [6, 6.07) is 20.1. The van der Waals surface area contributed by atoms with Gasteiger partial charge in [0.1, 0.15) is 6.61 Å². The van der Waals surface area contributed by atoms with Crippen LogP contribution in [0.1, 0.15) is 17.4 Å². The lowest BCUT2D eigenvalue weighted by Crippen LogP contribution is -2.17. The third kappa shape index (κ3) is 6.09. The number of rotatable bonds is 12. The van der Waals surface area contributed by atoms with Crippen LogP contribution in [0.2, 0.25) is 0 Å². The Labute approximate surface area is 195 Å². The summed E-state index contributed by atoms with van der Waals surface area (Å²) in [5.74, 6) is 2.40. The molecule has 4 aromatic rings. The Hall–Kier alpha value is -2.88. The van der Waals surface area contributed by atoms with Crippen molar-refractivity contribution in [2.75, 3.05) is 18.9 Å². The maximum Gasteiger partial charge on any atom is 0.214 e. The fraction of sp³-hybridized carbons (Fsp3) is 0.261. The van der Waals surface area contributed by atoms with Gasteiger partial charge < -0.3 is 14.8 Å². The second-order valence-electron chi connectivity index (χ2n) is 6.82. The van der Waals surface area contributed by atoms with Crippen molar-refractivity contribution in [1.82, 2.24) is 25.5 Å². The monoisotopic (exact) mass is 467 g/mol. The quantitative estimate of drug-likeness (QED) is 0.241. The summed E-state index contributed by atoms with van der Waals surface area (Å²) in [7, 11) is 0. The maximum atomic E-state index is 5.96. The van der Waals surface area contributed by atoms with Crippen molar-refractivity contribution in [3.63, 3.8) is 0 Å². The van der Waals surface area contributed by atoms with Gasteiger partial charge in [0.2, 0.25) is 5.16 Å². The lowest BCUT2D eigenvalue weighted by Gasteiger charge is -2.13. The fourth-order valence-corrected chi connectivity index (χ4v) is 4.44. The molecule has 0 radical (unpaired) electrons. The van der Waals surface area contributed by atoms with E-state index in [0.717, 1.165) is 46.7 Å². The number of aromatic nitrogens is 4. The number of thiophene rings is 1. The van der Waals surface area contributed by atoms with E-state index in [1.54, 1.807) is 27.8 Å². The molecular formula is C23H25N5O2S2. The number of benzene rings is 2. The lowest BCUT2D eigenvalue weighted by molar-refractivity contribution is 0.271. The summed E-state index contributed by atoms with van der Waals surface area (Å²) in [4.78, 5) is 1.19. The molecule has 0 bridgehead atoms. The van der Waals surface area contributed by atoms with Gasteiger partial charge in [-0.2, -0.15) is 4.68 Å². The van der Waals surface area contributed by atoms with Crippen LogP contribution in [-0.4, -0.2) is 39.1 Å². The molecule has 1 N–H and O–H groups in total. The zero-order valence-corrected chi connectivity index (χ0v) is 19.4. The smallest absolute Gasteiger partial charge is 0.214 e. The summed E-state index contributed by atoms with van der Waals surface area (Å²) in [6.07, 6.45) is 0. The summed E-state index contributed by atoms with van der Waals surface area (Å²) in [5, 5.41) is 18.3. The third-order valence-corrected chi connectivity index (χ3v) is 6.31. The van der Waals surface area contributed by atoms with Gasteiger partial charge in [0.05, 0.1) is 12.3 Å². The Morgan fingerprint density at radius 1 is 1.03 bits per heavy atom. The average molecular weight is 468 g/mol. The maximum absolute atomic E-state index is 5.96. The van der Waals surface area contributed by atoms with E-state index in [1.165, 1.54) is 4.88 Å². The molecule has 0 saturated heterocycles. The molecule has 0 atom stereocenters. The number of hydrogen-bond donors (Lipinski definition) is 1. The Balaban J connectivity index is 1.26. The van der Waals surface area contributed by atoms with Gasteiger partial charge in [-0.15, -0.1) is 16.4 Å². The molecule has 0 spiro atoms. The second kappa shape index (κ2) is 11.7. The number of ether oxygens (including phenoxy) is 2. The molecule has 9 heteroatoms. The molecule has 7 nitrogen and oxygen atoms in total. The largest absolute Gasteiger partial charge is 0.490 e. The van der Waals surface area contributed by atoms with Crippen LogP contribution in [0, 0.1) is 0 Å². The number of tetrazole rings is 1. The van der Waals surface area contributed by atoms with Crippen LogP contribution >= 0.6 is 23.1 Å².